The molecule has 0 aromatic heterocycles. The standard InChI is InChI=1S/C19H21NO4/c1-3-23-17-11-9-15(13-18(17)22-2)10-12-19(21)20-24-14-16-7-5-4-6-8-16/h4-13H,3,14H2,1-2H3,(H,20,21)/b12-10+. The maximum absolute atomic E-state index is 11.8. The van der Waals surface area contributed by atoms with Gasteiger partial charge in [-0.05, 0) is 36.3 Å². The number of amides is 1. The zero-order chi connectivity index (χ0) is 17.2. The quantitative estimate of drug-likeness (QED) is 0.597. The SMILES string of the molecule is CCOc1ccc(/C=C/C(=O)NOCc2ccccc2)cc1OC. The highest BCUT2D eigenvalue weighted by Gasteiger charge is 2.04. The first kappa shape index (κ1) is 17.6. The van der Waals surface area contributed by atoms with Crippen LogP contribution in [-0.2, 0) is 16.2 Å². The lowest BCUT2D eigenvalue weighted by Gasteiger charge is -2.09. The van der Waals surface area contributed by atoms with Crippen LogP contribution in [0, 0.1) is 0 Å². The van der Waals surface area contributed by atoms with Gasteiger partial charge in [0, 0.05) is 6.08 Å². The van der Waals surface area contributed by atoms with E-state index in [1.807, 2.05) is 49.4 Å². The van der Waals surface area contributed by atoms with Gasteiger partial charge in [-0.3, -0.25) is 9.63 Å². The molecule has 5 heteroatoms. The number of hydroxylamine groups is 1. The van der Waals surface area contributed by atoms with Gasteiger partial charge in [0.2, 0.25) is 0 Å². The fourth-order valence-electron chi connectivity index (χ4n) is 2.03. The van der Waals surface area contributed by atoms with Crippen molar-refractivity contribution in [1.82, 2.24) is 5.48 Å². The highest BCUT2D eigenvalue weighted by atomic mass is 16.6. The van der Waals surface area contributed by atoms with Crippen LogP contribution in [0.15, 0.2) is 54.6 Å². The van der Waals surface area contributed by atoms with Crippen molar-refractivity contribution in [2.45, 2.75) is 13.5 Å². The largest absolute Gasteiger partial charge is 0.493 e. The van der Waals surface area contributed by atoms with E-state index in [1.54, 1.807) is 19.3 Å². The molecule has 2 rings (SSSR count). The van der Waals surface area contributed by atoms with Crippen molar-refractivity contribution in [2.24, 2.45) is 0 Å². The molecule has 0 radical (unpaired) electrons. The zero-order valence-corrected chi connectivity index (χ0v) is 13.8. The molecule has 0 saturated heterocycles. The molecule has 0 aliphatic rings. The molecule has 0 aliphatic heterocycles. The summed E-state index contributed by atoms with van der Waals surface area (Å²) < 4.78 is 10.7. The number of carbonyl (C=O) groups excluding carboxylic acids is 1. The Morgan fingerprint density at radius 3 is 2.62 bits per heavy atom. The molecule has 0 unspecified atom stereocenters. The third-order valence-corrected chi connectivity index (χ3v) is 3.17. The summed E-state index contributed by atoms with van der Waals surface area (Å²) in [5.41, 5.74) is 4.19. The van der Waals surface area contributed by atoms with Crippen molar-refractivity contribution in [1.29, 1.82) is 0 Å². The van der Waals surface area contributed by atoms with Crippen molar-refractivity contribution in [3.63, 3.8) is 0 Å². The number of ether oxygens (including phenoxy) is 2. The normalized spacial score (nSPS) is 10.6. The van der Waals surface area contributed by atoms with Crippen LogP contribution in [0.1, 0.15) is 18.1 Å². The van der Waals surface area contributed by atoms with Crippen LogP contribution in [-0.4, -0.2) is 19.6 Å². The Kier molecular flexibility index (Phi) is 6.86. The number of hydrogen-bond acceptors (Lipinski definition) is 4. The summed E-state index contributed by atoms with van der Waals surface area (Å²) in [7, 11) is 1.58. The van der Waals surface area contributed by atoms with E-state index in [1.165, 1.54) is 6.08 Å². The Labute approximate surface area is 141 Å². The van der Waals surface area contributed by atoms with Crippen LogP contribution in [0.3, 0.4) is 0 Å². The van der Waals surface area contributed by atoms with Gasteiger partial charge in [0.15, 0.2) is 11.5 Å². The lowest BCUT2D eigenvalue weighted by molar-refractivity contribution is -0.129. The molecule has 0 atom stereocenters. The zero-order valence-electron chi connectivity index (χ0n) is 13.8. The minimum Gasteiger partial charge on any atom is -0.493 e. The summed E-state index contributed by atoms with van der Waals surface area (Å²) in [5, 5.41) is 0. The second kappa shape index (κ2) is 9.37. The average molecular weight is 327 g/mol. The van der Waals surface area contributed by atoms with Crippen molar-refractivity contribution >= 4 is 12.0 Å². The number of carbonyl (C=O) groups is 1. The van der Waals surface area contributed by atoms with Crippen LogP contribution in [0.2, 0.25) is 0 Å². The minimum absolute atomic E-state index is 0.317. The van der Waals surface area contributed by atoms with Gasteiger partial charge in [-0.1, -0.05) is 36.4 Å². The van der Waals surface area contributed by atoms with Crippen molar-refractivity contribution < 1.29 is 19.1 Å². The van der Waals surface area contributed by atoms with E-state index in [0.717, 1.165) is 11.1 Å². The van der Waals surface area contributed by atoms with Gasteiger partial charge in [0.25, 0.3) is 5.91 Å². The first-order valence-corrected chi connectivity index (χ1v) is 7.67. The van der Waals surface area contributed by atoms with E-state index < -0.39 is 0 Å². The van der Waals surface area contributed by atoms with Gasteiger partial charge in [-0.25, -0.2) is 5.48 Å². The topological polar surface area (TPSA) is 56.8 Å². The van der Waals surface area contributed by atoms with Crippen LogP contribution in [0.4, 0.5) is 0 Å². The first-order valence-electron chi connectivity index (χ1n) is 7.67. The van der Waals surface area contributed by atoms with Crippen molar-refractivity contribution in [3.8, 4) is 11.5 Å². The van der Waals surface area contributed by atoms with E-state index in [0.29, 0.717) is 24.7 Å². The summed E-state index contributed by atoms with van der Waals surface area (Å²) in [5.74, 6) is 0.964. The Morgan fingerprint density at radius 2 is 1.92 bits per heavy atom. The molecule has 0 saturated carbocycles. The van der Waals surface area contributed by atoms with Crippen LogP contribution in [0.25, 0.3) is 6.08 Å². The fraction of sp³-hybridized carbons (Fsp3) is 0.211. The third-order valence-electron chi connectivity index (χ3n) is 3.17. The Bertz CT molecular complexity index is 683. The van der Waals surface area contributed by atoms with Crippen LogP contribution in [0.5, 0.6) is 11.5 Å². The lowest BCUT2D eigenvalue weighted by atomic mass is 10.2. The van der Waals surface area contributed by atoms with E-state index in [9.17, 15) is 4.79 Å². The van der Waals surface area contributed by atoms with E-state index in [-0.39, 0.29) is 5.91 Å². The summed E-state index contributed by atoms with van der Waals surface area (Å²) in [6.07, 6.45) is 3.08. The summed E-state index contributed by atoms with van der Waals surface area (Å²) >= 11 is 0. The van der Waals surface area contributed by atoms with Gasteiger partial charge in [-0.15, -0.1) is 0 Å². The Morgan fingerprint density at radius 1 is 1.12 bits per heavy atom. The highest BCUT2D eigenvalue weighted by molar-refractivity contribution is 5.91. The number of hydrogen-bond donors (Lipinski definition) is 1. The number of rotatable bonds is 8. The second-order valence-corrected chi connectivity index (χ2v) is 4.92. The molecule has 2 aromatic carbocycles. The molecule has 0 heterocycles. The molecule has 1 amide bonds. The summed E-state index contributed by atoms with van der Waals surface area (Å²) in [6.45, 7) is 2.79. The molecule has 0 bridgehead atoms. The molecule has 1 N–H and O–H groups in total. The molecule has 24 heavy (non-hydrogen) atoms. The molecule has 0 spiro atoms. The number of nitrogens with one attached hydrogen (secondary N) is 1. The Hall–Kier alpha value is -2.79. The predicted molar refractivity (Wildman–Crippen MR) is 92.6 cm³/mol. The van der Waals surface area contributed by atoms with Gasteiger partial charge in [-0.2, -0.15) is 0 Å². The second-order valence-electron chi connectivity index (χ2n) is 4.92. The fourth-order valence-corrected chi connectivity index (χ4v) is 2.03. The molecular weight excluding hydrogens is 306 g/mol. The number of benzene rings is 2. The van der Waals surface area contributed by atoms with Crippen molar-refractivity contribution in [3.05, 3.63) is 65.7 Å². The maximum Gasteiger partial charge on any atom is 0.267 e. The van der Waals surface area contributed by atoms with Crippen LogP contribution < -0.4 is 15.0 Å². The number of methoxy groups -OCH3 is 1. The lowest BCUT2D eigenvalue weighted by Crippen LogP contribution is -2.21. The van der Waals surface area contributed by atoms with Gasteiger partial charge in [0.05, 0.1) is 20.3 Å². The Balaban J connectivity index is 1.86. The molecule has 0 fully saturated rings. The first-order chi connectivity index (χ1) is 11.7. The molecule has 5 nitrogen and oxygen atoms in total. The van der Waals surface area contributed by atoms with Gasteiger partial charge >= 0.3 is 0 Å². The third kappa shape index (κ3) is 5.44. The maximum atomic E-state index is 11.8. The minimum atomic E-state index is -0.334. The molecule has 2 aromatic rings. The molecule has 0 aliphatic carbocycles. The van der Waals surface area contributed by atoms with Crippen LogP contribution >= 0.6 is 0 Å². The van der Waals surface area contributed by atoms with E-state index in [4.69, 9.17) is 14.3 Å². The predicted octanol–water partition coefficient (Wildman–Crippen LogP) is 3.36. The van der Waals surface area contributed by atoms with Gasteiger partial charge < -0.3 is 9.47 Å². The average Bonchev–Trinajstić information content (AvgIpc) is 2.62. The molecular formula is C19H21NO4. The smallest absolute Gasteiger partial charge is 0.267 e. The highest BCUT2D eigenvalue weighted by Crippen LogP contribution is 2.28. The summed E-state index contributed by atoms with van der Waals surface area (Å²) in [4.78, 5) is 16.9. The van der Waals surface area contributed by atoms with E-state index in [2.05, 4.69) is 5.48 Å². The van der Waals surface area contributed by atoms with Crippen molar-refractivity contribution in [2.75, 3.05) is 13.7 Å². The van der Waals surface area contributed by atoms with E-state index >= 15 is 0 Å². The van der Waals surface area contributed by atoms with Gasteiger partial charge in [0.1, 0.15) is 0 Å². The molecule has 126 valence electrons. The monoisotopic (exact) mass is 327 g/mol. The summed E-state index contributed by atoms with van der Waals surface area (Å²) in [6, 6.07) is 15.1.